The van der Waals surface area contributed by atoms with Gasteiger partial charge >= 0.3 is 0 Å². The zero-order chi connectivity index (χ0) is 104. The molecule has 0 amide bonds. The summed E-state index contributed by atoms with van der Waals surface area (Å²) in [6, 6.07) is 26.1. The molecule has 8 heterocycles. The van der Waals surface area contributed by atoms with Crippen LogP contribution in [-0.2, 0) is 96.3 Å². The van der Waals surface area contributed by atoms with E-state index in [4.69, 9.17) is 9.05 Å². The summed E-state index contributed by atoms with van der Waals surface area (Å²) in [6.07, 6.45) is 5.66. The van der Waals surface area contributed by atoms with E-state index in [1.807, 2.05) is 113 Å². The number of aliphatic hydroxyl groups excluding tert-OH is 2. The van der Waals surface area contributed by atoms with Gasteiger partial charge in [-0.05, 0) is 325 Å². The van der Waals surface area contributed by atoms with Crippen molar-refractivity contribution in [3.63, 3.8) is 0 Å². The summed E-state index contributed by atoms with van der Waals surface area (Å²) in [6.45, 7) is 7.66. The van der Waals surface area contributed by atoms with Crippen molar-refractivity contribution in [3.8, 4) is 0 Å². The van der Waals surface area contributed by atoms with Gasteiger partial charge in [0.15, 0.2) is 51.6 Å². The fraction of sp³-hybridized carbons (Fsp3) is 0.330. The number of aryl methyl sites for hydroxylation is 7. The molecule has 0 radical (unpaired) electrons. The van der Waals surface area contributed by atoms with Gasteiger partial charge in [-0.15, -0.1) is 0 Å². The molecule has 0 unspecified atom stereocenters. The molecule has 5 aliphatic rings. The second-order valence-electron chi connectivity index (χ2n) is 35.6. The van der Waals surface area contributed by atoms with Crippen LogP contribution in [0.2, 0.25) is 0 Å². The van der Waals surface area contributed by atoms with Crippen LogP contribution in [0.15, 0.2) is 119 Å². The predicted molar refractivity (Wildman–Crippen MR) is 565 cm³/mol. The Bertz CT molecular complexity index is 8310. The van der Waals surface area contributed by atoms with Crippen molar-refractivity contribution in [2.45, 2.75) is 169 Å². The molecule has 8 aromatic heterocycles. The average molecular weight is 2650 g/mol. The molecule has 144 heavy (non-hydrogen) atoms. The van der Waals surface area contributed by atoms with E-state index in [1.54, 1.807) is 90.3 Å². The first-order chi connectivity index (χ1) is 67.9. The van der Waals surface area contributed by atoms with E-state index in [9.17, 15) is 74.3 Å². The summed E-state index contributed by atoms with van der Waals surface area (Å²) in [4.78, 5) is 20.9. The van der Waals surface area contributed by atoms with Gasteiger partial charge in [0.05, 0.1) is 48.0 Å². The molecule has 0 spiro atoms. The number of fused-ring (bicyclic) bond motifs is 5. The Balaban J connectivity index is 0.000000129. The number of pyridine rings is 3. The molecule has 50 heteroatoms. The molecular formula is C94H87F10I5N16O14S5. The smallest absolute Gasteiger partial charge is 0.239 e. The van der Waals surface area contributed by atoms with Crippen LogP contribution in [0.25, 0.3) is 54.9 Å². The lowest BCUT2D eigenvalue weighted by atomic mass is 9.99. The van der Waals surface area contributed by atoms with Gasteiger partial charge < -0.3 is 19.3 Å². The lowest BCUT2D eigenvalue weighted by Crippen LogP contribution is -2.31. The summed E-state index contributed by atoms with van der Waals surface area (Å²) in [7, 11) is -15.5. The van der Waals surface area contributed by atoms with Crippen molar-refractivity contribution in [2.75, 3.05) is 36.8 Å². The highest BCUT2D eigenvalue weighted by atomic mass is 127. The minimum Gasteiger partial charge on any atom is -0.396 e. The highest BCUT2D eigenvalue weighted by molar-refractivity contribution is 14.1. The molecule has 0 atom stereocenters. The Kier molecular flexibility index (Phi) is 31.7. The lowest BCUT2D eigenvalue weighted by Gasteiger charge is -2.19. The quantitative estimate of drug-likeness (QED) is 0.0169. The van der Waals surface area contributed by atoms with Crippen LogP contribution >= 0.6 is 113 Å². The monoisotopic (exact) mass is 2650 g/mol. The van der Waals surface area contributed by atoms with Crippen molar-refractivity contribution < 1.29 is 105 Å². The number of hydrogen-bond donors (Lipinski definition) is 7. The summed E-state index contributed by atoms with van der Waals surface area (Å²) in [5.74, 6) is -6.15. The highest BCUT2D eigenvalue weighted by Crippen LogP contribution is 2.50. The Morgan fingerprint density at radius 1 is 0.375 bits per heavy atom. The largest absolute Gasteiger partial charge is 0.396 e. The number of rotatable bonds is 29. The van der Waals surface area contributed by atoms with E-state index in [0.717, 1.165) is 7.14 Å². The topological polar surface area (TPSA) is 423 Å². The summed E-state index contributed by atoms with van der Waals surface area (Å²) in [5.41, 5.74) is 3.60. The standard InChI is InChI=1S/C20H21F2IN4O3S.C19H18F2IN3O4S.C19H18F2IN3O2S.C19H16F2IN3O2S.C17H14F2IN3O3S/c1-11-17-18(25-27(11)2)16(22)14(9-12-3-4-13(23)10-15(12)21)19(24-17)26-31(29,30)20(5-6-20)7-8-28;1-10-16-17(24-29-10)15(21)13(8-11-2-3-12(22)9-14(11)20)18(23-16)25-30(27,28)19(4-5-19)6-7-26;1-10-14-9-17(24-28(26,27)13-5-6-13)15(18(21)19(14)25(2)23-10)7-11-3-4-12(22)8-16(11)20;1-10-14-8-17(25-28(26,27)13-4-5-13)15(18(21)19(14)24-9-23-10)6-11-2-3-12(22)7-16(11)20;1-8-15-16(22-26-8)14(19)12(6-9-2-3-10(20)7-13(9)18)17(21-15)23-27(24,25)11-4-5-11/h3-4,10,28H,5-9H2,1-2H3,(H,24,26);2-3,9,26H,4-8H2,1H3,(H,23,25);3-4,8-9,13,24H,5-7H2,1-2H3;2-3,7-9,13,25H,4-6H2,1H3;2-3,7,11H,4-6H2,1H3,(H,21,23). The fourth-order valence-electron chi connectivity index (χ4n) is 16.2. The number of sulfonamides is 5. The van der Waals surface area contributed by atoms with Gasteiger partial charge in [-0.3, -0.25) is 33.0 Å². The number of aromatic nitrogens is 11. The van der Waals surface area contributed by atoms with Gasteiger partial charge in [-0.25, -0.2) is 111 Å². The van der Waals surface area contributed by atoms with Gasteiger partial charge in [-0.2, -0.15) is 10.2 Å². The Morgan fingerprint density at radius 3 is 1.06 bits per heavy atom. The van der Waals surface area contributed by atoms with E-state index in [0.29, 0.717) is 108 Å². The van der Waals surface area contributed by atoms with E-state index in [2.05, 4.69) is 69.0 Å². The summed E-state index contributed by atoms with van der Waals surface area (Å²) >= 11 is 9.90. The molecule has 0 aliphatic heterocycles. The van der Waals surface area contributed by atoms with Crippen LogP contribution in [0.5, 0.6) is 0 Å². The number of aliphatic hydroxyl groups is 2. The lowest BCUT2D eigenvalue weighted by molar-refractivity contribution is 0.282. The third-order valence-corrected chi connectivity index (χ3v) is 38.7. The molecule has 15 aromatic rings. The second-order valence-corrected chi connectivity index (χ2v) is 51.8. The van der Waals surface area contributed by atoms with Crippen molar-refractivity contribution in [3.05, 3.63) is 270 Å². The maximum atomic E-state index is 15.5. The number of benzene rings is 7. The molecule has 7 aromatic carbocycles. The molecule has 5 saturated carbocycles. The third-order valence-electron chi connectivity index (χ3n) is 25.3. The van der Waals surface area contributed by atoms with Gasteiger partial charge in [0.1, 0.15) is 86.0 Å². The first-order valence-electron chi connectivity index (χ1n) is 44.4. The number of nitrogens with one attached hydrogen (secondary N) is 5. The molecular weight excluding hydrogens is 2560 g/mol. The zero-order valence-electron chi connectivity index (χ0n) is 77.0. The van der Waals surface area contributed by atoms with E-state index < -0.39 is 134 Å². The van der Waals surface area contributed by atoms with Gasteiger partial charge in [0, 0.05) is 122 Å². The molecule has 762 valence electrons. The van der Waals surface area contributed by atoms with Gasteiger partial charge in [0.2, 0.25) is 50.1 Å². The molecule has 0 saturated heterocycles. The second kappa shape index (κ2) is 42.5. The normalized spacial score (nSPS) is 14.9. The number of anilines is 5. The van der Waals surface area contributed by atoms with Crippen molar-refractivity contribution in [1.29, 1.82) is 0 Å². The van der Waals surface area contributed by atoms with E-state index in [-0.39, 0.29) is 193 Å². The van der Waals surface area contributed by atoms with Crippen molar-refractivity contribution in [1.82, 2.24) is 54.8 Å². The van der Waals surface area contributed by atoms with E-state index >= 15 is 22.0 Å². The number of halogens is 15. The minimum atomic E-state index is -3.96. The maximum absolute atomic E-state index is 15.5. The van der Waals surface area contributed by atoms with Crippen LogP contribution < -0.4 is 23.6 Å². The molecule has 30 nitrogen and oxygen atoms in total. The Labute approximate surface area is 887 Å². The zero-order valence-corrected chi connectivity index (χ0v) is 91.9. The number of nitrogens with zero attached hydrogens (tertiary/aromatic N) is 11. The average Bonchev–Trinajstić information content (AvgIpc) is 1.61. The number of hydrogen-bond acceptors (Lipinski definition) is 23. The van der Waals surface area contributed by atoms with Crippen LogP contribution in [0, 0.1) is 111 Å². The first-order valence-corrected chi connectivity index (χ1v) is 57.4. The Morgan fingerprint density at radius 2 is 0.701 bits per heavy atom. The van der Waals surface area contributed by atoms with Gasteiger partial charge in [0.25, 0.3) is 0 Å². The molecule has 5 aliphatic carbocycles. The SMILES string of the molecule is Cc1c2nc(NS(=O)(=O)C3(CCO)CC3)c(Cc3ccc(I)cc3F)c(F)c2nn1C.Cc1ncnc2c(F)c(Cc3ccc(I)cc3F)c(NS(=O)(=O)C3CC3)cc12.Cc1nn(C)c2c(F)c(Cc3ccc(I)cc3F)c(NS(=O)(=O)C3CC3)cc12.Cc1onc2c(F)c(Cc3ccc(I)cc3F)c(NS(=O)(=O)C3(CCO)CC3)nc12.Cc1onc2c(F)c(Cc3ccc(I)cc3F)c(NS(=O)(=O)C3CC3)nc12. The summed E-state index contributed by atoms with van der Waals surface area (Å²) in [5, 5.41) is 33.7. The molecule has 7 N–H and O–H groups in total. The highest BCUT2D eigenvalue weighted by Gasteiger charge is 2.56. The predicted octanol–water partition coefficient (Wildman–Crippen LogP) is 19.6. The minimum absolute atomic E-state index is 0.000334. The first kappa shape index (κ1) is 108. The van der Waals surface area contributed by atoms with E-state index in [1.165, 1.54) is 77.2 Å². The van der Waals surface area contributed by atoms with Crippen molar-refractivity contribution >= 4 is 247 Å². The molecule has 5 fully saturated rings. The molecule has 20 rings (SSSR count). The van der Waals surface area contributed by atoms with Gasteiger partial charge in [-0.1, -0.05) is 40.6 Å². The maximum Gasteiger partial charge on any atom is 0.239 e. The van der Waals surface area contributed by atoms with Crippen LogP contribution in [0.3, 0.4) is 0 Å². The van der Waals surface area contributed by atoms with Crippen LogP contribution in [0.4, 0.5) is 72.7 Å². The Hall–Kier alpha value is -9.17. The van der Waals surface area contributed by atoms with Crippen LogP contribution in [-0.4, -0.2) is 146 Å². The van der Waals surface area contributed by atoms with Crippen LogP contribution in [0.1, 0.15) is 161 Å². The summed E-state index contributed by atoms with van der Waals surface area (Å²) < 4.78 is 302. The third kappa shape index (κ3) is 23.1. The molecule has 0 bridgehead atoms. The van der Waals surface area contributed by atoms with Crippen molar-refractivity contribution in [2.24, 2.45) is 14.1 Å². The fourth-order valence-corrected chi connectivity index (χ4v) is 25.9.